The molecule has 0 saturated heterocycles. The molecule has 0 amide bonds. The highest BCUT2D eigenvalue weighted by atomic mass is 16.6. The van der Waals surface area contributed by atoms with Crippen molar-refractivity contribution in [1.82, 2.24) is 5.32 Å². The lowest BCUT2D eigenvalue weighted by Crippen LogP contribution is -2.17. The third-order valence-electron chi connectivity index (χ3n) is 2.83. The molecule has 96 valence electrons. The molecular weight excluding hydrogens is 228 g/mol. The molecular formula is C14H18N2O2. The van der Waals surface area contributed by atoms with Crippen LogP contribution in [-0.2, 0) is 6.54 Å². The van der Waals surface area contributed by atoms with Crippen molar-refractivity contribution in [1.29, 1.82) is 5.26 Å². The molecule has 2 rings (SSSR count). The predicted octanol–water partition coefficient (Wildman–Crippen LogP) is 2.24. The second kappa shape index (κ2) is 6.87. The lowest BCUT2D eigenvalue weighted by Gasteiger charge is -2.18. The van der Waals surface area contributed by atoms with Gasteiger partial charge in [0.1, 0.15) is 13.2 Å². The molecule has 0 radical (unpaired) electrons. The van der Waals surface area contributed by atoms with Gasteiger partial charge >= 0.3 is 0 Å². The summed E-state index contributed by atoms with van der Waals surface area (Å²) < 4.78 is 11.0. The van der Waals surface area contributed by atoms with Crippen LogP contribution in [0.5, 0.6) is 11.5 Å². The average molecular weight is 246 g/mol. The SMILES string of the molecule is N#CCCCCNCc1ccc2c(c1)OCCO2. The molecule has 1 aliphatic heterocycles. The number of fused-ring (bicyclic) bond motifs is 1. The van der Waals surface area contributed by atoms with Crippen LogP contribution in [0.4, 0.5) is 0 Å². The number of nitrogens with one attached hydrogen (secondary N) is 1. The molecule has 4 heteroatoms. The summed E-state index contributed by atoms with van der Waals surface area (Å²) in [6.07, 6.45) is 2.65. The molecule has 0 aliphatic carbocycles. The second-order valence-electron chi connectivity index (χ2n) is 4.27. The Labute approximate surface area is 108 Å². The Morgan fingerprint density at radius 1 is 1.17 bits per heavy atom. The fraction of sp³-hybridized carbons (Fsp3) is 0.500. The van der Waals surface area contributed by atoms with Gasteiger partial charge in [-0.2, -0.15) is 5.26 Å². The number of hydrogen-bond acceptors (Lipinski definition) is 4. The molecule has 0 aromatic heterocycles. The van der Waals surface area contributed by atoms with Crippen molar-refractivity contribution in [2.24, 2.45) is 0 Å². The van der Waals surface area contributed by atoms with Crippen molar-refractivity contribution in [3.05, 3.63) is 23.8 Å². The Kier molecular flexibility index (Phi) is 4.86. The summed E-state index contributed by atoms with van der Waals surface area (Å²) in [6.45, 7) is 3.01. The van der Waals surface area contributed by atoms with E-state index in [1.807, 2.05) is 12.1 Å². The maximum absolute atomic E-state index is 8.42. The number of unbranched alkanes of at least 4 members (excludes halogenated alkanes) is 2. The summed E-state index contributed by atoms with van der Waals surface area (Å²) in [6, 6.07) is 8.19. The highest BCUT2D eigenvalue weighted by Crippen LogP contribution is 2.30. The molecule has 1 heterocycles. The van der Waals surface area contributed by atoms with E-state index in [9.17, 15) is 0 Å². The number of benzene rings is 1. The first-order valence-electron chi connectivity index (χ1n) is 6.36. The van der Waals surface area contributed by atoms with Crippen LogP contribution >= 0.6 is 0 Å². The van der Waals surface area contributed by atoms with E-state index in [1.165, 1.54) is 5.56 Å². The minimum absolute atomic E-state index is 0.623. The van der Waals surface area contributed by atoms with Crippen LogP contribution in [0.1, 0.15) is 24.8 Å². The highest BCUT2D eigenvalue weighted by Gasteiger charge is 2.11. The zero-order valence-corrected chi connectivity index (χ0v) is 10.4. The molecule has 0 unspecified atom stereocenters. The molecule has 4 nitrogen and oxygen atoms in total. The van der Waals surface area contributed by atoms with Gasteiger partial charge in [-0.05, 0) is 37.1 Å². The van der Waals surface area contributed by atoms with Crippen molar-refractivity contribution < 1.29 is 9.47 Å². The number of nitrogens with zero attached hydrogens (tertiary/aromatic N) is 1. The maximum atomic E-state index is 8.42. The first kappa shape index (κ1) is 12.7. The summed E-state index contributed by atoms with van der Waals surface area (Å²) in [5, 5.41) is 11.8. The largest absolute Gasteiger partial charge is 0.486 e. The van der Waals surface area contributed by atoms with Crippen molar-refractivity contribution in [3.8, 4) is 17.6 Å². The molecule has 0 spiro atoms. The van der Waals surface area contributed by atoms with E-state index in [0.717, 1.165) is 37.4 Å². The van der Waals surface area contributed by atoms with Gasteiger partial charge in [0.15, 0.2) is 11.5 Å². The Bertz CT molecular complexity index is 426. The average Bonchev–Trinajstić information content (AvgIpc) is 2.42. The number of hydrogen-bond donors (Lipinski definition) is 1. The van der Waals surface area contributed by atoms with Crippen LogP contribution in [0.25, 0.3) is 0 Å². The Morgan fingerprint density at radius 3 is 2.83 bits per heavy atom. The van der Waals surface area contributed by atoms with Crippen LogP contribution in [0.3, 0.4) is 0 Å². The van der Waals surface area contributed by atoms with Crippen LogP contribution in [-0.4, -0.2) is 19.8 Å². The number of ether oxygens (including phenoxy) is 2. The topological polar surface area (TPSA) is 54.3 Å². The minimum atomic E-state index is 0.623. The fourth-order valence-corrected chi connectivity index (χ4v) is 1.88. The summed E-state index contributed by atoms with van der Waals surface area (Å²) in [5.41, 5.74) is 1.19. The third-order valence-corrected chi connectivity index (χ3v) is 2.83. The minimum Gasteiger partial charge on any atom is -0.486 e. The van der Waals surface area contributed by atoms with Crippen molar-refractivity contribution >= 4 is 0 Å². The van der Waals surface area contributed by atoms with E-state index < -0.39 is 0 Å². The molecule has 0 fully saturated rings. The smallest absolute Gasteiger partial charge is 0.161 e. The van der Waals surface area contributed by atoms with Gasteiger partial charge in [0.05, 0.1) is 6.07 Å². The molecule has 1 aliphatic rings. The molecule has 1 N–H and O–H groups in total. The van der Waals surface area contributed by atoms with Gasteiger partial charge in [0, 0.05) is 13.0 Å². The highest BCUT2D eigenvalue weighted by molar-refractivity contribution is 5.43. The Hall–Kier alpha value is -1.73. The number of rotatable bonds is 6. The molecule has 1 aromatic carbocycles. The van der Waals surface area contributed by atoms with Gasteiger partial charge in [0.25, 0.3) is 0 Å². The first-order chi connectivity index (χ1) is 8.90. The van der Waals surface area contributed by atoms with E-state index in [1.54, 1.807) is 0 Å². The zero-order chi connectivity index (χ0) is 12.6. The molecule has 18 heavy (non-hydrogen) atoms. The van der Waals surface area contributed by atoms with Gasteiger partial charge in [-0.3, -0.25) is 0 Å². The van der Waals surface area contributed by atoms with Crippen molar-refractivity contribution in [2.45, 2.75) is 25.8 Å². The lowest BCUT2D eigenvalue weighted by molar-refractivity contribution is 0.171. The second-order valence-corrected chi connectivity index (χ2v) is 4.27. The normalized spacial score (nSPS) is 13.1. The van der Waals surface area contributed by atoms with Gasteiger partial charge in [-0.15, -0.1) is 0 Å². The van der Waals surface area contributed by atoms with Crippen LogP contribution in [0.15, 0.2) is 18.2 Å². The lowest BCUT2D eigenvalue weighted by atomic mass is 10.2. The first-order valence-corrected chi connectivity index (χ1v) is 6.36. The third kappa shape index (κ3) is 3.64. The molecule has 0 atom stereocenters. The summed E-state index contributed by atoms with van der Waals surface area (Å²) in [5.74, 6) is 1.67. The maximum Gasteiger partial charge on any atom is 0.161 e. The van der Waals surface area contributed by atoms with Crippen molar-refractivity contribution in [3.63, 3.8) is 0 Å². The quantitative estimate of drug-likeness (QED) is 0.782. The molecule has 0 bridgehead atoms. The van der Waals surface area contributed by atoms with E-state index in [2.05, 4.69) is 17.5 Å². The standard InChI is InChI=1S/C14H18N2O2/c15-6-2-1-3-7-16-11-12-4-5-13-14(10-12)18-9-8-17-13/h4-5,10,16H,1-3,7-9,11H2. The monoisotopic (exact) mass is 246 g/mol. The van der Waals surface area contributed by atoms with Gasteiger partial charge in [-0.25, -0.2) is 0 Å². The molecule has 0 saturated carbocycles. The summed E-state index contributed by atoms with van der Waals surface area (Å²) in [7, 11) is 0. The van der Waals surface area contributed by atoms with Crippen molar-refractivity contribution in [2.75, 3.05) is 19.8 Å². The van der Waals surface area contributed by atoms with Crippen LogP contribution in [0.2, 0.25) is 0 Å². The predicted molar refractivity (Wildman–Crippen MR) is 68.6 cm³/mol. The number of nitriles is 1. The van der Waals surface area contributed by atoms with Gasteiger partial charge in [0.2, 0.25) is 0 Å². The van der Waals surface area contributed by atoms with Gasteiger partial charge in [-0.1, -0.05) is 6.07 Å². The fourth-order valence-electron chi connectivity index (χ4n) is 1.88. The molecule has 1 aromatic rings. The van der Waals surface area contributed by atoms with E-state index in [-0.39, 0.29) is 0 Å². The zero-order valence-electron chi connectivity index (χ0n) is 10.4. The Balaban J connectivity index is 1.74. The van der Waals surface area contributed by atoms with E-state index >= 15 is 0 Å². The van der Waals surface area contributed by atoms with Gasteiger partial charge < -0.3 is 14.8 Å². The summed E-state index contributed by atoms with van der Waals surface area (Å²) in [4.78, 5) is 0. The van der Waals surface area contributed by atoms with E-state index in [4.69, 9.17) is 14.7 Å². The Morgan fingerprint density at radius 2 is 2.00 bits per heavy atom. The van der Waals surface area contributed by atoms with Crippen LogP contribution < -0.4 is 14.8 Å². The van der Waals surface area contributed by atoms with E-state index in [0.29, 0.717) is 19.6 Å². The van der Waals surface area contributed by atoms with Crippen LogP contribution in [0, 0.1) is 11.3 Å². The summed E-state index contributed by atoms with van der Waals surface area (Å²) >= 11 is 0.